The first kappa shape index (κ1) is 21.4. The second kappa shape index (κ2) is 9.91. The van der Waals surface area contributed by atoms with Gasteiger partial charge in [-0.05, 0) is 18.4 Å². The molecule has 2 N–H and O–H groups in total. The summed E-state index contributed by atoms with van der Waals surface area (Å²) in [5.74, 6) is -0.570. The van der Waals surface area contributed by atoms with Crippen LogP contribution in [0.25, 0.3) is 0 Å². The van der Waals surface area contributed by atoms with Gasteiger partial charge >= 0.3 is 0 Å². The average molecular weight is 326 g/mol. The Morgan fingerprint density at radius 1 is 1.45 bits per heavy atom. The summed E-state index contributed by atoms with van der Waals surface area (Å²) < 4.78 is 13.4. The molecule has 0 aliphatic rings. The molecule has 0 aliphatic heterocycles. The SMILES string of the molecule is CC(C)C(N)CCN(C)C(=O)c1ccncc1F.Cl.Cl. The van der Waals surface area contributed by atoms with Gasteiger partial charge in [-0.15, -0.1) is 24.8 Å². The molecule has 0 spiro atoms. The Balaban J connectivity index is 0. The molecule has 0 saturated carbocycles. The summed E-state index contributed by atoms with van der Waals surface area (Å²) in [6, 6.07) is 1.43. The van der Waals surface area contributed by atoms with Crippen LogP contribution < -0.4 is 5.73 Å². The lowest BCUT2D eigenvalue weighted by molar-refractivity contribution is 0.0784. The van der Waals surface area contributed by atoms with Crippen molar-refractivity contribution in [3.05, 3.63) is 29.8 Å². The summed E-state index contributed by atoms with van der Waals surface area (Å²) in [7, 11) is 1.65. The van der Waals surface area contributed by atoms with Crippen LogP contribution in [0.2, 0.25) is 0 Å². The van der Waals surface area contributed by atoms with Crippen LogP contribution >= 0.6 is 24.8 Å². The van der Waals surface area contributed by atoms with Crippen LogP contribution in [0, 0.1) is 11.7 Å². The zero-order valence-corrected chi connectivity index (χ0v) is 13.5. The monoisotopic (exact) mass is 325 g/mol. The van der Waals surface area contributed by atoms with E-state index in [9.17, 15) is 9.18 Å². The molecule has 4 nitrogen and oxygen atoms in total. The molecule has 7 heteroatoms. The number of carbonyl (C=O) groups excluding carboxylic acids is 1. The van der Waals surface area contributed by atoms with Gasteiger partial charge in [0, 0.05) is 25.8 Å². The van der Waals surface area contributed by atoms with Crippen LogP contribution in [-0.2, 0) is 0 Å². The minimum Gasteiger partial charge on any atom is -0.342 e. The number of aromatic nitrogens is 1. The minimum atomic E-state index is -0.595. The summed E-state index contributed by atoms with van der Waals surface area (Å²) >= 11 is 0. The highest BCUT2D eigenvalue weighted by Gasteiger charge is 2.17. The molecule has 0 aliphatic carbocycles. The van der Waals surface area contributed by atoms with E-state index >= 15 is 0 Å². The highest BCUT2D eigenvalue weighted by molar-refractivity contribution is 5.94. The molecule has 1 atom stereocenters. The molecular weight excluding hydrogens is 304 g/mol. The maximum Gasteiger partial charge on any atom is 0.256 e. The minimum absolute atomic E-state index is 0. The Morgan fingerprint density at radius 3 is 2.55 bits per heavy atom. The first-order valence-electron chi connectivity index (χ1n) is 6.04. The molecule has 1 amide bonds. The van der Waals surface area contributed by atoms with Crippen molar-refractivity contribution in [2.75, 3.05) is 13.6 Å². The summed E-state index contributed by atoms with van der Waals surface area (Å²) in [6.07, 6.45) is 3.15. The number of hydrogen-bond donors (Lipinski definition) is 1. The van der Waals surface area contributed by atoms with E-state index in [1.54, 1.807) is 7.05 Å². The lowest BCUT2D eigenvalue weighted by Crippen LogP contribution is -2.35. The molecule has 1 heterocycles. The molecule has 0 aromatic carbocycles. The molecule has 1 aromatic heterocycles. The highest BCUT2D eigenvalue weighted by atomic mass is 35.5. The van der Waals surface area contributed by atoms with Gasteiger partial charge in [0.05, 0.1) is 11.8 Å². The number of halogens is 3. The van der Waals surface area contributed by atoms with E-state index < -0.39 is 5.82 Å². The molecule has 0 radical (unpaired) electrons. The normalized spacial score (nSPS) is 11.3. The molecule has 1 aromatic rings. The average Bonchev–Trinajstić information content (AvgIpc) is 2.35. The van der Waals surface area contributed by atoms with Crippen molar-refractivity contribution in [3.8, 4) is 0 Å². The van der Waals surface area contributed by atoms with Gasteiger partial charge in [-0.25, -0.2) is 4.39 Å². The van der Waals surface area contributed by atoms with E-state index in [4.69, 9.17) is 5.73 Å². The Kier molecular flexibility index (Phi) is 10.6. The van der Waals surface area contributed by atoms with Gasteiger partial charge in [-0.2, -0.15) is 0 Å². The van der Waals surface area contributed by atoms with Crippen LogP contribution in [0.4, 0.5) is 4.39 Å². The van der Waals surface area contributed by atoms with Crippen LogP contribution in [-0.4, -0.2) is 35.4 Å². The maximum atomic E-state index is 13.4. The van der Waals surface area contributed by atoms with Gasteiger partial charge in [-0.3, -0.25) is 9.78 Å². The number of nitrogens with zero attached hydrogens (tertiary/aromatic N) is 2. The van der Waals surface area contributed by atoms with Crippen LogP contribution in [0.3, 0.4) is 0 Å². The van der Waals surface area contributed by atoms with Crippen molar-refractivity contribution < 1.29 is 9.18 Å². The second-order valence-electron chi connectivity index (χ2n) is 4.78. The first-order valence-corrected chi connectivity index (χ1v) is 6.04. The summed E-state index contributed by atoms with van der Waals surface area (Å²) in [6.45, 7) is 4.59. The predicted octanol–water partition coefficient (Wildman–Crippen LogP) is 2.51. The third-order valence-corrected chi connectivity index (χ3v) is 3.00. The third kappa shape index (κ3) is 6.03. The Morgan fingerprint density at radius 2 is 2.05 bits per heavy atom. The molecule has 20 heavy (non-hydrogen) atoms. The Bertz CT molecular complexity index is 418. The zero-order chi connectivity index (χ0) is 13.7. The van der Waals surface area contributed by atoms with Crippen molar-refractivity contribution in [3.63, 3.8) is 0 Å². The Labute approximate surface area is 131 Å². The van der Waals surface area contributed by atoms with Gasteiger partial charge < -0.3 is 10.6 Å². The lowest BCUT2D eigenvalue weighted by Gasteiger charge is -2.21. The zero-order valence-electron chi connectivity index (χ0n) is 11.9. The summed E-state index contributed by atoms with van der Waals surface area (Å²) in [5, 5.41) is 0. The number of pyridine rings is 1. The fourth-order valence-corrected chi connectivity index (χ4v) is 1.53. The number of carbonyl (C=O) groups is 1. The van der Waals surface area contributed by atoms with Gasteiger partial charge in [0.25, 0.3) is 5.91 Å². The molecule has 1 rings (SSSR count). The van der Waals surface area contributed by atoms with Crippen LogP contribution in [0.15, 0.2) is 18.5 Å². The van der Waals surface area contributed by atoms with Crippen molar-refractivity contribution >= 4 is 30.7 Å². The molecular formula is C13H22Cl2FN3O. The van der Waals surface area contributed by atoms with Gasteiger partial charge in [-0.1, -0.05) is 13.8 Å². The van der Waals surface area contributed by atoms with E-state index in [1.165, 1.54) is 17.2 Å². The largest absolute Gasteiger partial charge is 0.342 e. The van der Waals surface area contributed by atoms with Gasteiger partial charge in [0.1, 0.15) is 0 Å². The van der Waals surface area contributed by atoms with Crippen LogP contribution in [0.1, 0.15) is 30.6 Å². The molecule has 0 saturated heterocycles. The molecule has 0 fully saturated rings. The number of nitrogens with two attached hydrogens (primary N) is 1. The fourth-order valence-electron chi connectivity index (χ4n) is 1.53. The number of amides is 1. The smallest absolute Gasteiger partial charge is 0.256 e. The van der Waals surface area contributed by atoms with Crippen LogP contribution in [0.5, 0.6) is 0 Å². The Hall–Kier alpha value is -0.910. The van der Waals surface area contributed by atoms with Gasteiger partial charge in [0.2, 0.25) is 0 Å². The van der Waals surface area contributed by atoms with Crippen molar-refractivity contribution in [2.24, 2.45) is 11.7 Å². The lowest BCUT2D eigenvalue weighted by atomic mass is 10.0. The van der Waals surface area contributed by atoms with Crippen molar-refractivity contribution in [1.82, 2.24) is 9.88 Å². The highest BCUT2D eigenvalue weighted by Crippen LogP contribution is 2.09. The first-order chi connectivity index (χ1) is 8.43. The topological polar surface area (TPSA) is 59.2 Å². The fraction of sp³-hybridized carbons (Fsp3) is 0.538. The van der Waals surface area contributed by atoms with Crippen molar-refractivity contribution in [2.45, 2.75) is 26.3 Å². The van der Waals surface area contributed by atoms with Gasteiger partial charge in [0.15, 0.2) is 5.82 Å². The van der Waals surface area contributed by atoms with E-state index in [0.29, 0.717) is 18.9 Å². The van der Waals surface area contributed by atoms with Crippen molar-refractivity contribution in [1.29, 1.82) is 0 Å². The summed E-state index contributed by atoms with van der Waals surface area (Å²) in [5.41, 5.74) is 5.96. The molecule has 116 valence electrons. The second-order valence-corrected chi connectivity index (χ2v) is 4.78. The number of rotatable bonds is 5. The van der Waals surface area contributed by atoms with E-state index in [2.05, 4.69) is 4.98 Å². The van der Waals surface area contributed by atoms with E-state index in [0.717, 1.165) is 6.20 Å². The summed E-state index contributed by atoms with van der Waals surface area (Å²) in [4.78, 5) is 17.1. The maximum absolute atomic E-state index is 13.4. The van der Waals surface area contributed by atoms with E-state index in [-0.39, 0.29) is 42.3 Å². The standard InChI is InChI=1S/C13H20FN3O.2ClH/c1-9(2)12(15)5-7-17(3)13(18)10-4-6-16-8-11(10)14;;/h4,6,8-9,12H,5,7,15H2,1-3H3;2*1H. The van der Waals surface area contributed by atoms with E-state index in [1.807, 2.05) is 13.8 Å². The number of hydrogen-bond acceptors (Lipinski definition) is 3. The quantitative estimate of drug-likeness (QED) is 0.904. The third-order valence-electron chi connectivity index (χ3n) is 3.00. The molecule has 1 unspecified atom stereocenters. The predicted molar refractivity (Wildman–Crippen MR) is 83.1 cm³/mol. The molecule has 0 bridgehead atoms.